The Morgan fingerprint density at radius 1 is 1.17 bits per heavy atom. The molecule has 2 aromatic heterocycles. The van der Waals surface area contributed by atoms with Crippen LogP contribution in [0.2, 0.25) is 5.02 Å². The number of fused-ring (bicyclic) bond motifs is 1. The molecule has 0 aliphatic carbocycles. The summed E-state index contributed by atoms with van der Waals surface area (Å²) in [5.41, 5.74) is 5.12. The summed E-state index contributed by atoms with van der Waals surface area (Å²) < 4.78 is 0. The average molecular weight is 425 g/mol. The van der Waals surface area contributed by atoms with E-state index in [1.165, 1.54) is 0 Å². The molecular formula is C24H29ClN4O. The zero-order valence-electron chi connectivity index (χ0n) is 18.1. The molecule has 3 rings (SSSR count). The first-order chi connectivity index (χ1) is 14.4. The van der Waals surface area contributed by atoms with Crippen LogP contribution >= 0.6 is 11.6 Å². The highest BCUT2D eigenvalue weighted by atomic mass is 35.5. The van der Waals surface area contributed by atoms with Gasteiger partial charge in [0, 0.05) is 34.9 Å². The Kier molecular flexibility index (Phi) is 7.29. The summed E-state index contributed by atoms with van der Waals surface area (Å²) in [7, 11) is 0. The summed E-state index contributed by atoms with van der Waals surface area (Å²) in [4.78, 5) is 23.0. The van der Waals surface area contributed by atoms with Gasteiger partial charge in [0.1, 0.15) is 0 Å². The molecule has 0 spiro atoms. The third-order valence-electron chi connectivity index (χ3n) is 5.41. The molecule has 2 heterocycles. The largest absolute Gasteiger partial charge is 0.358 e. The topological polar surface area (TPSA) is 61.0 Å². The fourth-order valence-corrected chi connectivity index (χ4v) is 3.77. The Balaban J connectivity index is 1.74. The van der Waals surface area contributed by atoms with Crippen LogP contribution < -0.4 is 5.32 Å². The molecule has 6 heteroatoms. The highest BCUT2D eigenvalue weighted by Gasteiger charge is 2.17. The highest BCUT2D eigenvalue weighted by molar-refractivity contribution is 6.31. The standard InChI is InChI=1S/C24H29ClN4O/c1-5-29(6-2)14-13-26-24(30)23-16(3)21(27-17(23)4)12-11-20-10-8-18-7-9-19(25)15-22(18)28-20/h7-12,15,27H,5-6,13-14H2,1-4H3,(H,26,30)/b12-11+. The smallest absolute Gasteiger partial charge is 0.253 e. The zero-order chi connectivity index (χ0) is 21.7. The van der Waals surface area contributed by atoms with Gasteiger partial charge in [0.05, 0.1) is 16.8 Å². The number of aryl methyl sites for hydroxylation is 1. The minimum absolute atomic E-state index is 0.0356. The van der Waals surface area contributed by atoms with Crippen molar-refractivity contribution in [2.75, 3.05) is 26.2 Å². The van der Waals surface area contributed by atoms with Gasteiger partial charge in [0.15, 0.2) is 0 Å². The molecule has 0 atom stereocenters. The third-order valence-corrected chi connectivity index (χ3v) is 5.64. The van der Waals surface area contributed by atoms with Gasteiger partial charge in [0.2, 0.25) is 0 Å². The summed E-state index contributed by atoms with van der Waals surface area (Å²) in [5, 5.41) is 4.76. The fraction of sp³-hybridized carbons (Fsp3) is 0.333. The van der Waals surface area contributed by atoms with E-state index in [-0.39, 0.29) is 5.91 Å². The van der Waals surface area contributed by atoms with Gasteiger partial charge < -0.3 is 15.2 Å². The second-order valence-electron chi connectivity index (χ2n) is 7.35. The van der Waals surface area contributed by atoms with Crippen LogP contribution in [-0.4, -0.2) is 47.0 Å². The van der Waals surface area contributed by atoms with Crippen LogP contribution in [0.5, 0.6) is 0 Å². The highest BCUT2D eigenvalue weighted by Crippen LogP contribution is 2.21. The van der Waals surface area contributed by atoms with Gasteiger partial charge in [-0.25, -0.2) is 4.98 Å². The number of nitrogens with one attached hydrogen (secondary N) is 2. The molecule has 0 unspecified atom stereocenters. The zero-order valence-corrected chi connectivity index (χ0v) is 18.8. The number of hydrogen-bond acceptors (Lipinski definition) is 3. The molecule has 0 fully saturated rings. The Labute approximate surface area is 183 Å². The van der Waals surface area contributed by atoms with E-state index in [0.717, 1.165) is 53.2 Å². The number of benzene rings is 1. The van der Waals surface area contributed by atoms with Crippen molar-refractivity contribution in [2.24, 2.45) is 0 Å². The van der Waals surface area contributed by atoms with E-state index < -0.39 is 0 Å². The number of pyridine rings is 1. The Bertz CT molecular complexity index is 1070. The quantitative estimate of drug-likeness (QED) is 0.530. The number of halogens is 1. The molecule has 5 nitrogen and oxygen atoms in total. The molecule has 0 aliphatic rings. The summed E-state index contributed by atoms with van der Waals surface area (Å²) >= 11 is 6.08. The van der Waals surface area contributed by atoms with Gasteiger partial charge in [-0.1, -0.05) is 37.6 Å². The number of amides is 1. The molecule has 0 aliphatic heterocycles. The lowest BCUT2D eigenvalue weighted by Crippen LogP contribution is -2.35. The summed E-state index contributed by atoms with van der Waals surface area (Å²) in [5.74, 6) is -0.0356. The maximum absolute atomic E-state index is 12.7. The molecule has 3 aromatic rings. The van der Waals surface area contributed by atoms with E-state index in [1.807, 2.05) is 56.3 Å². The van der Waals surface area contributed by atoms with Crippen molar-refractivity contribution >= 4 is 40.6 Å². The number of aromatic amines is 1. The Morgan fingerprint density at radius 2 is 1.90 bits per heavy atom. The summed E-state index contributed by atoms with van der Waals surface area (Å²) in [6, 6.07) is 9.68. The predicted molar refractivity (Wildman–Crippen MR) is 126 cm³/mol. The molecule has 1 aromatic carbocycles. The predicted octanol–water partition coefficient (Wildman–Crippen LogP) is 5.08. The average Bonchev–Trinajstić information content (AvgIpc) is 3.02. The minimum Gasteiger partial charge on any atom is -0.358 e. The van der Waals surface area contributed by atoms with E-state index in [0.29, 0.717) is 17.1 Å². The molecule has 0 saturated heterocycles. The maximum Gasteiger partial charge on any atom is 0.253 e. The van der Waals surface area contributed by atoms with Gasteiger partial charge in [-0.3, -0.25) is 4.79 Å². The summed E-state index contributed by atoms with van der Waals surface area (Å²) in [6.45, 7) is 11.6. The molecule has 158 valence electrons. The van der Waals surface area contributed by atoms with Crippen molar-refractivity contribution in [1.29, 1.82) is 0 Å². The number of carbonyl (C=O) groups is 1. The van der Waals surface area contributed by atoms with Crippen molar-refractivity contribution in [1.82, 2.24) is 20.2 Å². The monoisotopic (exact) mass is 424 g/mol. The second-order valence-corrected chi connectivity index (χ2v) is 7.79. The lowest BCUT2D eigenvalue weighted by Gasteiger charge is -2.18. The van der Waals surface area contributed by atoms with Crippen molar-refractivity contribution in [3.05, 3.63) is 63.6 Å². The normalized spacial score (nSPS) is 11.7. The first-order valence-corrected chi connectivity index (χ1v) is 10.7. The number of hydrogen-bond donors (Lipinski definition) is 2. The Hall–Kier alpha value is -2.63. The van der Waals surface area contributed by atoms with E-state index in [4.69, 9.17) is 11.6 Å². The number of rotatable bonds is 8. The lowest BCUT2D eigenvalue weighted by atomic mass is 10.1. The summed E-state index contributed by atoms with van der Waals surface area (Å²) in [6.07, 6.45) is 3.91. The van der Waals surface area contributed by atoms with Gasteiger partial charge in [-0.15, -0.1) is 0 Å². The fourth-order valence-electron chi connectivity index (χ4n) is 3.60. The van der Waals surface area contributed by atoms with Crippen LogP contribution in [0.25, 0.3) is 23.1 Å². The SMILES string of the molecule is CCN(CC)CCNC(=O)c1c(C)[nH]c(/C=C/c2ccc3ccc(Cl)cc3n2)c1C. The van der Waals surface area contributed by atoms with Crippen LogP contribution in [0.1, 0.15) is 46.9 Å². The molecular weight excluding hydrogens is 396 g/mol. The molecule has 30 heavy (non-hydrogen) atoms. The van der Waals surface area contributed by atoms with Crippen molar-refractivity contribution in [2.45, 2.75) is 27.7 Å². The van der Waals surface area contributed by atoms with Crippen LogP contribution in [0.4, 0.5) is 0 Å². The van der Waals surface area contributed by atoms with Crippen LogP contribution in [0, 0.1) is 13.8 Å². The van der Waals surface area contributed by atoms with Crippen molar-refractivity contribution < 1.29 is 4.79 Å². The first-order valence-electron chi connectivity index (χ1n) is 10.4. The maximum atomic E-state index is 12.7. The number of carbonyl (C=O) groups excluding carboxylic acids is 1. The molecule has 1 amide bonds. The van der Waals surface area contributed by atoms with E-state index in [9.17, 15) is 4.79 Å². The molecule has 0 saturated carbocycles. The van der Waals surface area contributed by atoms with Crippen LogP contribution in [-0.2, 0) is 0 Å². The van der Waals surface area contributed by atoms with Crippen LogP contribution in [0.3, 0.4) is 0 Å². The molecule has 0 bridgehead atoms. The minimum atomic E-state index is -0.0356. The first kappa shape index (κ1) is 22.1. The van der Waals surface area contributed by atoms with Crippen molar-refractivity contribution in [3.63, 3.8) is 0 Å². The second kappa shape index (κ2) is 9.92. The Morgan fingerprint density at radius 3 is 2.63 bits per heavy atom. The van der Waals surface area contributed by atoms with E-state index in [1.54, 1.807) is 0 Å². The van der Waals surface area contributed by atoms with Gasteiger partial charge in [-0.05, 0) is 62.9 Å². The molecule has 0 radical (unpaired) electrons. The van der Waals surface area contributed by atoms with Gasteiger partial charge in [-0.2, -0.15) is 0 Å². The van der Waals surface area contributed by atoms with Gasteiger partial charge >= 0.3 is 0 Å². The van der Waals surface area contributed by atoms with Crippen molar-refractivity contribution in [3.8, 4) is 0 Å². The number of nitrogens with zero attached hydrogens (tertiary/aromatic N) is 2. The van der Waals surface area contributed by atoms with E-state index in [2.05, 4.69) is 34.0 Å². The van der Waals surface area contributed by atoms with E-state index >= 15 is 0 Å². The number of likely N-dealkylation sites (N-methyl/N-ethyl adjacent to an activating group) is 1. The van der Waals surface area contributed by atoms with Crippen LogP contribution in [0.15, 0.2) is 30.3 Å². The third kappa shape index (κ3) is 5.10. The lowest BCUT2D eigenvalue weighted by molar-refractivity contribution is 0.0948. The van der Waals surface area contributed by atoms with Gasteiger partial charge in [0.25, 0.3) is 5.91 Å². The molecule has 2 N–H and O–H groups in total. The number of aromatic nitrogens is 2. The number of H-pyrrole nitrogens is 1.